The Labute approximate surface area is 189 Å². The van der Waals surface area contributed by atoms with Gasteiger partial charge in [0.2, 0.25) is 5.91 Å². The number of benzene rings is 1. The normalized spacial score (nSPS) is 24.5. The lowest BCUT2D eigenvalue weighted by Crippen LogP contribution is -2.47. The summed E-state index contributed by atoms with van der Waals surface area (Å²) in [5.41, 5.74) is 1.04. The molecule has 0 saturated carbocycles. The summed E-state index contributed by atoms with van der Waals surface area (Å²) < 4.78 is 10.7. The number of ether oxygens (including phenoxy) is 2. The van der Waals surface area contributed by atoms with Crippen LogP contribution in [0.3, 0.4) is 0 Å². The van der Waals surface area contributed by atoms with Crippen LogP contribution in [0.5, 0.6) is 5.75 Å². The Morgan fingerprint density at radius 3 is 2.52 bits per heavy atom. The molecule has 0 radical (unpaired) electrons. The highest BCUT2D eigenvalue weighted by molar-refractivity contribution is 7.99. The van der Waals surface area contributed by atoms with Crippen molar-refractivity contribution >= 4 is 29.4 Å². The van der Waals surface area contributed by atoms with Gasteiger partial charge in [0, 0.05) is 18.1 Å². The second kappa shape index (κ2) is 12.7. The SMILES string of the molecule is COC(=O)[C@@H]1CSCCCCOc2ccc(cc2)C[C@H](C)C(=O)N[C@@H](C(C)C)C(=O)C1. The maximum Gasteiger partial charge on any atom is 0.309 e. The molecule has 1 amide bonds. The monoisotopic (exact) mass is 449 g/mol. The zero-order valence-electron chi connectivity index (χ0n) is 19.0. The van der Waals surface area contributed by atoms with Gasteiger partial charge < -0.3 is 14.8 Å². The number of thioether (sulfide) groups is 1. The Morgan fingerprint density at radius 2 is 1.87 bits per heavy atom. The number of nitrogens with one attached hydrogen (secondary N) is 1. The topological polar surface area (TPSA) is 81.7 Å². The van der Waals surface area contributed by atoms with Crippen molar-refractivity contribution in [3.63, 3.8) is 0 Å². The standard InChI is InChI=1S/C24H35NO5S/c1-16(2)22-21(26)14-19(24(28)29-4)15-31-12-6-5-11-30-20-9-7-18(8-10-20)13-17(3)23(27)25-22/h7-10,16-17,19,22H,5-6,11-15H2,1-4H3,(H,25,27)/t17-,19-,22-/m0/s1. The van der Waals surface area contributed by atoms with Crippen molar-refractivity contribution in [2.24, 2.45) is 17.8 Å². The van der Waals surface area contributed by atoms with E-state index in [0.29, 0.717) is 18.8 Å². The highest BCUT2D eigenvalue weighted by atomic mass is 32.2. The van der Waals surface area contributed by atoms with E-state index in [-0.39, 0.29) is 35.9 Å². The second-order valence-electron chi connectivity index (χ2n) is 8.50. The minimum Gasteiger partial charge on any atom is -0.494 e. The summed E-state index contributed by atoms with van der Waals surface area (Å²) in [4.78, 5) is 38.1. The van der Waals surface area contributed by atoms with E-state index < -0.39 is 12.0 Å². The highest BCUT2D eigenvalue weighted by Crippen LogP contribution is 2.20. The molecule has 3 rings (SSSR count). The van der Waals surface area contributed by atoms with Gasteiger partial charge in [-0.05, 0) is 48.6 Å². The van der Waals surface area contributed by atoms with Crippen molar-refractivity contribution in [2.45, 2.75) is 52.5 Å². The average Bonchev–Trinajstić information content (AvgIpc) is 2.75. The lowest BCUT2D eigenvalue weighted by atomic mass is 9.92. The number of esters is 1. The summed E-state index contributed by atoms with van der Waals surface area (Å²) in [5.74, 6) is 0.710. The van der Waals surface area contributed by atoms with E-state index in [0.717, 1.165) is 29.9 Å². The number of ketones is 1. The van der Waals surface area contributed by atoms with E-state index in [9.17, 15) is 14.4 Å². The molecule has 2 bridgehead atoms. The molecule has 2 aliphatic heterocycles. The summed E-state index contributed by atoms with van der Waals surface area (Å²) in [5, 5.41) is 2.93. The van der Waals surface area contributed by atoms with Crippen LogP contribution in [0.25, 0.3) is 0 Å². The highest BCUT2D eigenvalue weighted by Gasteiger charge is 2.30. The fourth-order valence-corrected chi connectivity index (χ4v) is 4.66. The number of hydrogen-bond acceptors (Lipinski definition) is 6. The van der Waals surface area contributed by atoms with Gasteiger partial charge in [-0.15, -0.1) is 0 Å². The molecular weight excluding hydrogens is 414 g/mol. The summed E-state index contributed by atoms with van der Waals surface area (Å²) in [7, 11) is 1.35. The molecule has 31 heavy (non-hydrogen) atoms. The molecule has 2 heterocycles. The van der Waals surface area contributed by atoms with Gasteiger partial charge in [-0.3, -0.25) is 14.4 Å². The lowest BCUT2D eigenvalue weighted by molar-refractivity contribution is -0.146. The third-order valence-electron chi connectivity index (χ3n) is 5.48. The molecule has 1 N–H and O–H groups in total. The van der Waals surface area contributed by atoms with E-state index in [1.165, 1.54) is 7.11 Å². The van der Waals surface area contributed by atoms with Crippen molar-refractivity contribution < 1.29 is 23.9 Å². The third-order valence-corrected chi connectivity index (χ3v) is 6.69. The number of carbonyl (C=O) groups is 3. The zero-order valence-corrected chi connectivity index (χ0v) is 19.8. The van der Waals surface area contributed by atoms with Crippen LogP contribution in [-0.2, 0) is 25.5 Å². The first-order valence-electron chi connectivity index (χ1n) is 11.0. The fraction of sp³-hybridized carbons (Fsp3) is 0.625. The molecule has 0 unspecified atom stereocenters. The molecule has 0 fully saturated rings. The quantitative estimate of drug-likeness (QED) is 0.694. The van der Waals surface area contributed by atoms with Crippen LogP contribution in [0.2, 0.25) is 0 Å². The first-order valence-corrected chi connectivity index (χ1v) is 12.2. The average molecular weight is 450 g/mol. The number of rotatable bonds is 2. The van der Waals surface area contributed by atoms with E-state index >= 15 is 0 Å². The van der Waals surface area contributed by atoms with Crippen LogP contribution in [0.1, 0.15) is 45.6 Å². The summed E-state index contributed by atoms with van der Waals surface area (Å²) in [6, 6.07) is 7.21. The molecule has 6 nitrogen and oxygen atoms in total. The van der Waals surface area contributed by atoms with Crippen LogP contribution in [0.15, 0.2) is 24.3 Å². The predicted octanol–water partition coefficient (Wildman–Crippen LogP) is 3.66. The minimum absolute atomic E-state index is 0.0693. The maximum absolute atomic E-state index is 13.0. The molecule has 7 heteroatoms. The van der Waals surface area contributed by atoms with Crippen molar-refractivity contribution in [3.05, 3.63) is 29.8 Å². The predicted molar refractivity (Wildman–Crippen MR) is 123 cm³/mol. The van der Waals surface area contributed by atoms with Gasteiger partial charge in [0.1, 0.15) is 5.75 Å². The number of Topliss-reactive ketones (excluding diaryl/α,β-unsaturated/α-hetero) is 1. The summed E-state index contributed by atoms with van der Waals surface area (Å²) in [6.45, 7) is 6.30. The molecule has 0 spiro atoms. The van der Waals surface area contributed by atoms with Crippen molar-refractivity contribution in [3.8, 4) is 5.75 Å². The molecular formula is C24H35NO5S. The first-order chi connectivity index (χ1) is 14.8. The van der Waals surface area contributed by atoms with E-state index in [1.54, 1.807) is 11.8 Å². The molecule has 172 valence electrons. The van der Waals surface area contributed by atoms with Gasteiger partial charge in [0.25, 0.3) is 0 Å². The molecule has 0 saturated heterocycles. The number of amides is 1. The minimum atomic E-state index is -0.620. The summed E-state index contributed by atoms with van der Waals surface area (Å²) in [6.07, 6.45) is 2.53. The van der Waals surface area contributed by atoms with Crippen LogP contribution < -0.4 is 10.1 Å². The Bertz CT molecular complexity index is 734. The number of methoxy groups -OCH3 is 1. The van der Waals surface area contributed by atoms with Gasteiger partial charge >= 0.3 is 5.97 Å². The first kappa shape index (κ1) is 25.2. The zero-order chi connectivity index (χ0) is 22.8. The molecule has 0 aliphatic carbocycles. The van der Waals surface area contributed by atoms with Gasteiger partial charge in [0.05, 0.1) is 25.7 Å². The second-order valence-corrected chi connectivity index (χ2v) is 9.65. The molecule has 3 atom stereocenters. The largest absolute Gasteiger partial charge is 0.494 e. The Hall–Kier alpha value is -2.02. The molecule has 0 aromatic heterocycles. The molecule has 2 aliphatic rings. The van der Waals surface area contributed by atoms with E-state index in [2.05, 4.69) is 5.32 Å². The summed E-state index contributed by atoms with van der Waals surface area (Å²) >= 11 is 1.64. The van der Waals surface area contributed by atoms with Crippen LogP contribution >= 0.6 is 11.8 Å². The Balaban J connectivity index is 2.18. The van der Waals surface area contributed by atoms with Crippen LogP contribution in [0, 0.1) is 17.8 Å². The van der Waals surface area contributed by atoms with Gasteiger partial charge in [0.15, 0.2) is 5.78 Å². The van der Waals surface area contributed by atoms with Crippen molar-refractivity contribution in [1.29, 1.82) is 0 Å². The number of carbonyl (C=O) groups excluding carboxylic acids is 3. The maximum atomic E-state index is 13.0. The third kappa shape index (κ3) is 8.20. The number of fused-ring (bicyclic) bond motifs is 16. The fourth-order valence-electron chi connectivity index (χ4n) is 3.55. The lowest BCUT2D eigenvalue weighted by Gasteiger charge is -2.25. The van der Waals surface area contributed by atoms with Crippen LogP contribution in [-0.4, -0.2) is 48.9 Å². The smallest absolute Gasteiger partial charge is 0.309 e. The van der Waals surface area contributed by atoms with Crippen LogP contribution in [0.4, 0.5) is 0 Å². The Morgan fingerprint density at radius 1 is 1.16 bits per heavy atom. The molecule has 1 aromatic carbocycles. The Kier molecular flexibility index (Phi) is 10.4. The van der Waals surface area contributed by atoms with Crippen molar-refractivity contribution in [1.82, 2.24) is 5.32 Å². The van der Waals surface area contributed by atoms with Gasteiger partial charge in [-0.1, -0.05) is 32.9 Å². The van der Waals surface area contributed by atoms with Gasteiger partial charge in [-0.2, -0.15) is 11.8 Å². The van der Waals surface area contributed by atoms with E-state index in [1.807, 2.05) is 45.0 Å². The van der Waals surface area contributed by atoms with E-state index in [4.69, 9.17) is 9.47 Å². The van der Waals surface area contributed by atoms with Gasteiger partial charge in [-0.25, -0.2) is 0 Å². The van der Waals surface area contributed by atoms with Crippen molar-refractivity contribution in [2.75, 3.05) is 25.2 Å². The molecule has 1 aromatic rings. The number of hydrogen-bond donors (Lipinski definition) is 1.